The van der Waals surface area contributed by atoms with Crippen molar-refractivity contribution in [3.8, 4) is 0 Å². The highest BCUT2D eigenvalue weighted by Crippen LogP contribution is 2.19. The van der Waals surface area contributed by atoms with Crippen LogP contribution in [0.5, 0.6) is 0 Å². The van der Waals surface area contributed by atoms with E-state index in [1.54, 1.807) is 0 Å². The predicted molar refractivity (Wildman–Crippen MR) is 90.7 cm³/mol. The highest BCUT2D eigenvalue weighted by molar-refractivity contribution is 5.90. The number of aromatic nitrogens is 2. The number of nitrogens with one attached hydrogen (secondary N) is 1. The van der Waals surface area contributed by atoms with Crippen LogP contribution in [0.4, 0.5) is 5.95 Å². The Morgan fingerprint density at radius 2 is 2.05 bits per heavy atom. The van der Waals surface area contributed by atoms with Crippen molar-refractivity contribution in [1.29, 1.82) is 0 Å². The molecule has 6 heteroatoms. The first-order chi connectivity index (χ1) is 10.3. The van der Waals surface area contributed by atoms with E-state index in [0.717, 1.165) is 24.2 Å². The van der Waals surface area contributed by atoms with Gasteiger partial charge in [0.15, 0.2) is 5.96 Å². The Kier molecular flexibility index (Phi) is 4.92. The average Bonchev–Trinajstić information content (AvgIpc) is 2.39. The van der Waals surface area contributed by atoms with Crippen molar-refractivity contribution in [3.05, 3.63) is 41.3 Å². The molecule has 0 bridgehead atoms. The third kappa shape index (κ3) is 4.96. The van der Waals surface area contributed by atoms with E-state index in [1.807, 2.05) is 32.9 Å². The lowest BCUT2D eigenvalue weighted by Gasteiger charge is -2.22. The van der Waals surface area contributed by atoms with E-state index in [2.05, 4.69) is 32.4 Å². The van der Waals surface area contributed by atoms with Crippen LogP contribution in [-0.2, 0) is 0 Å². The summed E-state index contributed by atoms with van der Waals surface area (Å²) in [7, 11) is 0. The number of aliphatic imine (C=N–C) groups is 1. The molecule has 0 amide bonds. The standard InChI is InChI=1S/C16H24N6/c1-11-10-12(2)21-15(20-11)22-14(17)19-9-6-13-4-7-16(3,18)8-5-13/h4-5,7,10H,6,8-9,18H2,1-3H3,(H3,17,19,20,21,22). The normalized spacial score (nSPS) is 21.6. The zero-order valence-electron chi connectivity index (χ0n) is 13.4. The summed E-state index contributed by atoms with van der Waals surface area (Å²) in [6.07, 6.45) is 7.95. The Morgan fingerprint density at radius 3 is 2.64 bits per heavy atom. The van der Waals surface area contributed by atoms with Gasteiger partial charge in [-0.2, -0.15) is 0 Å². The van der Waals surface area contributed by atoms with E-state index in [9.17, 15) is 0 Å². The number of nitrogens with zero attached hydrogens (tertiary/aromatic N) is 3. The third-order valence-corrected chi connectivity index (χ3v) is 3.39. The second kappa shape index (κ2) is 6.70. The number of guanidine groups is 1. The summed E-state index contributed by atoms with van der Waals surface area (Å²) in [5.41, 5.74) is 14.7. The molecule has 1 heterocycles. The van der Waals surface area contributed by atoms with E-state index in [-0.39, 0.29) is 5.54 Å². The number of hydrogen-bond acceptors (Lipinski definition) is 4. The molecule has 0 spiro atoms. The Hall–Kier alpha value is -2.21. The van der Waals surface area contributed by atoms with E-state index in [4.69, 9.17) is 11.5 Å². The molecule has 1 atom stereocenters. The number of hydrogen-bond donors (Lipinski definition) is 3. The molecule has 1 unspecified atom stereocenters. The summed E-state index contributed by atoms with van der Waals surface area (Å²) in [6, 6.07) is 1.91. The topological polar surface area (TPSA) is 102 Å². The van der Waals surface area contributed by atoms with Gasteiger partial charge in [0.05, 0.1) is 0 Å². The fraction of sp³-hybridized carbons (Fsp3) is 0.438. The zero-order valence-corrected chi connectivity index (χ0v) is 13.4. The fourth-order valence-electron chi connectivity index (χ4n) is 2.21. The smallest absolute Gasteiger partial charge is 0.229 e. The molecule has 1 aromatic heterocycles. The SMILES string of the molecule is Cc1cc(C)nc(NC(N)=NCCC2=CCC(C)(N)C=C2)n1. The van der Waals surface area contributed by atoms with Crippen molar-refractivity contribution in [2.24, 2.45) is 16.5 Å². The number of aryl methyl sites for hydroxylation is 2. The molecule has 6 nitrogen and oxygen atoms in total. The molecule has 0 fully saturated rings. The van der Waals surface area contributed by atoms with Crippen molar-refractivity contribution in [2.75, 3.05) is 11.9 Å². The van der Waals surface area contributed by atoms with Gasteiger partial charge in [0.1, 0.15) is 0 Å². The van der Waals surface area contributed by atoms with Crippen LogP contribution in [0.25, 0.3) is 0 Å². The maximum absolute atomic E-state index is 6.02. The van der Waals surface area contributed by atoms with Gasteiger partial charge in [-0.3, -0.25) is 10.3 Å². The summed E-state index contributed by atoms with van der Waals surface area (Å²) in [4.78, 5) is 12.8. The van der Waals surface area contributed by atoms with Crippen molar-refractivity contribution < 1.29 is 0 Å². The number of rotatable bonds is 4. The van der Waals surface area contributed by atoms with Gasteiger partial charge in [-0.25, -0.2) is 9.97 Å². The largest absolute Gasteiger partial charge is 0.370 e. The van der Waals surface area contributed by atoms with E-state index < -0.39 is 0 Å². The van der Waals surface area contributed by atoms with Gasteiger partial charge in [-0.1, -0.05) is 23.8 Å². The number of anilines is 1. The lowest BCUT2D eigenvalue weighted by atomic mass is 9.91. The van der Waals surface area contributed by atoms with Gasteiger partial charge in [0.2, 0.25) is 5.95 Å². The Morgan fingerprint density at radius 1 is 1.36 bits per heavy atom. The second-order valence-corrected chi connectivity index (χ2v) is 5.94. The van der Waals surface area contributed by atoms with Crippen LogP contribution >= 0.6 is 0 Å². The minimum Gasteiger partial charge on any atom is -0.370 e. The van der Waals surface area contributed by atoms with Crippen molar-refractivity contribution >= 4 is 11.9 Å². The van der Waals surface area contributed by atoms with Crippen LogP contribution in [0.3, 0.4) is 0 Å². The van der Waals surface area contributed by atoms with Gasteiger partial charge in [0, 0.05) is 23.5 Å². The van der Waals surface area contributed by atoms with Gasteiger partial charge in [0.25, 0.3) is 0 Å². The predicted octanol–water partition coefficient (Wildman–Crippen LogP) is 1.81. The molecule has 0 radical (unpaired) electrons. The average molecular weight is 300 g/mol. The third-order valence-electron chi connectivity index (χ3n) is 3.39. The van der Waals surface area contributed by atoms with E-state index >= 15 is 0 Å². The van der Waals surface area contributed by atoms with Crippen LogP contribution in [0.15, 0.2) is 34.9 Å². The van der Waals surface area contributed by atoms with Crippen LogP contribution in [0.1, 0.15) is 31.2 Å². The van der Waals surface area contributed by atoms with Gasteiger partial charge < -0.3 is 11.5 Å². The molecule has 22 heavy (non-hydrogen) atoms. The number of allylic oxidation sites excluding steroid dienone is 1. The highest BCUT2D eigenvalue weighted by atomic mass is 15.2. The lowest BCUT2D eigenvalue weighted by Crippen LogP contribution is -2.34. The van der Waals surface area contributed by atoms with Gasteiger partial charge in [-0.05, 0) is 39.7 Å². The quantitative estimate of drug-likeness (QED) is 0.581. The molecular weight excluding hydrogens is 276 g/mol. The van der Waals surface area contributed by atoms with Crippen LogP contribution in [0.2, 0.25) is 0 Å². The van der Waals surface area contributed by atoms with Crippen molar-refractivity contribution in [3.63, 3.8) is 0 Å². The molecule has 0 aliphatic heterocycles. The fourth-order valence-corrected chi connectivity index (χ4v) is 2.21. The van der Waals surface area contributed by atoms with Crippen LogP contribution in [0, 0.1) is 13.8 Å². The molecule has 118 valence electrons. The zero-order chi connectivity index (χ0) is 16.2. The van der Waals surface area contributed by atoms with Crippen LogP contribution < -0.4 is 16.8 Å². The first-order valence-corrected chi connectivity index (χ1v) is 7.40. The molecule has 0 aromatic carbocycles. The summed E-state index contributed by atoms with van der Waals surface area (Å²) >= 11 is 0. The first kappa shape index (κ1) is 16.2. The molecule has 1 aromatic rings. The number of nitrogens with two attached hydrogens (primary N) is 2. The van der Waals surface area contributed by atoms with Gasteiger partial charge in [-0.15, -0.1) is 0 Å². The molecule has 1 aliphatic rings. The molecule has 0 saturated heterocycles. The summed E-state index contributed by atoms with van der Waals surface area (Å²) in [6.45, 7) is 6.46. The van der Waals surface area contributed by atoms with Crippen molar-refractivity contribution in [2.45, 2.75) is 39.2 Å². The Labute approximate surface area is 131 Å². The summed E-state index contributed by atoms with van der Waals surface area (Å²) < 4.78 is 0. The van der Waals surface area contributed by atoms with Crippen LogP contribution in [-0.4, -0.2) is 28.0 Å². The molecule has 5 N–H and O–H groups in total. The Bertz CT molecular complexity index is 607. The minimum atomic E-state index is -0.228. The molecule has 1 aliphatic carbocycles. The molecular formula is C16H24N6. The molecule has 2 rings (SSSR count). The second-order valence-electron chi connectivity index (χ2n) is 5.94. The highest BCUT2D eigenvalue weighted by Gasteiger charge is 2.15. The summed E-state index contributed by atoms with van der Waals surface area (Å²) in [5.74, 6) is 0.809. The Balaban J connectivity index is 1.86. The van der Waals surface area contributed by atoms with Crippen molar-refractivity contribution in [1.82, 2.24) is 9.97 Å². The first-order valence-electron chi connectivity index (χ1n) is 7.40. The lowest BCUT2D eigenvalue weighted by molar-refractivity contribution is 0.584. The monoisotopic (exact) mass is 300 g/mol. The maximum atomic E-state index is 6.02. The maximum Gasteiger partial charge on any atom is 0.229 e. The van der Waals surface area contributed by atoms with Gasteiger partial charge >= 0.3 is 0 Å². The summed E-state index contributed by atoms with van der Waals surface area (Å²) in [5, 5.41) is 2.92. The molecule has 0 saturated carbocycles. The van der Waals surface area contributed by atoms with E-state index in [1.165, 1.54) is 5.57 Å². The van der Waals surface area contributed by atoms with E-state index in [0.29, 0.717) is 18.5 Å². The minimum absolute atomic E-state index is 0.228.